The summed E-state index contributed by atoms with van der Waals surface area (Å²) in [7, 11) is 0. The maximum Gasteiger partial charge on any atom is 0.252 e. The van der Waals surface area contributed by atoms with Crippen LogP contribution in [-0.2, 0) is 11.3 Å². The Morgan fingerprint density at radius 3 is 2.57 bits per heavy atom. The highest BCUT2D eigenvalue weighted by Crippen LogP contribution is 2.27. The first kappa shape index (κ1) is 23.0. The summed E-state index contributed by atoms with van der Waals surface area (Å²) < 4.78 is 3.39. The average molecular weight is 504 g/mol. The van der Waals surface area contributed by atoms with Gasteiger partial charge in [-0.1, -0.05) is 41.9 Å². The standard InChI is InChI=1S/C26H22ClN5O2S/c1-16-14-23(34)31(25-24(16)17(2)30-32(25)20-6-4-3-5-7-20)13-12-22(33)29-26-28-21(15-35-26)18-8-10-19(27)11-9-18/h3-11,14-15H,12-13H2,1-2H3,(H,28,29,33). The number of carbonyl (C=O) groups is 1. The van der Waals surface area contributed by atoms with Crippen molar-refractivity contribution in [1.29, 1.82) is 0 Å². The molecular weight excluding hydrogens is 482 g/mol. The number of para-hydroxylation sites is 1. The van der Waals surface area contributed by atoms with Gasteiger partial charge < -0.3 is 5.32 Å². The second-order valence-electron chi connectivity index (χ2n) is 8.19. The fourth-order valence-corrected chi connectivity index (χ4v) is 4.97. The van der Waals surface area contributed by atoms with E-state index >= 15 is 0 Å². The molecule has 0 radical (unpaired) electrons. The quantitative estimate of drug-likeness (QED) is 0.326. The van der Waals surface area contributed by atoms with Crippen LogP contribution in [-0.4, -0.2) is 25.2 Å². The third kappa shape index (κ3) is 4.62. The number of rotatable bonds is 6. The number of nitrogens with one attached hydrogen (secondary N) is 1. The summed E-state index contributed by atoms with van der Waals surface area (Å²) in [6.07, 6.45) is 0.118. The monoisotopic (exact) mass is 503 g/mol. The van der Waals surface area contributed by atoms with Crippen molar-refractivity contribution < 1.29 is 4.79 Å². The summed E-state index contributed by atoms with van der Waals surface area (Å²) in [6.45, 7) is 4.05. The largest absolute Gasteiger partial charge is 0.302 e. The van der Waals surface area contributed by atoms with Gasteiger partial charge in [-0.15, -0.1) is 11.3 Å². The lowest BCUT2D eigenvalue weighted by Crippen LogP contribution is -2.25. The fourth-order valence-electron chi connectivity index (χ4n) is 4.11. The van der Waals surface area contributed by atoms with Gasteiger partial charge in [0.1, 0.15) is 5.65 Å². The van der Waals surface area contributed by atoms with Gasteiger partial charge in [-0.25, -0.2) is 9.67 Å². The molecule has 0 saturated heterocycles. The Kier molecular flexibility index (Phi) is 6.23. The molecule has 5 rings (SSSR count). The predicted molar refractivity (Wildman–Crippen MR) is 141 cm³/mol. The molecule has 9 heteroatoms. The number of carbonyl (C=O) groups excluding carboxylic acids is 1. The molecule has 35 heavy (non-hydrogen) atoms. The van der Waals surface area contributed by atoms with Gasteiger partial charge in [0.05, 0.1) is 17.1 Å². The Balaban J connectivity index is 1.39. The van der Waals surface area contributed by atoms with Crippen molar-refractivity contribution >= 4 is 45.0 Å². The van der Waals surface area contributed by atoms with Gasteiger partial charge in [-0.05, 0) is 43.7 Å². The number of aryl methyl sites for hydroxylation is 3. The van der Waals surface area contributed by atoms with Crippen LogP contribution in [0.5, 0.6) is 0 Å². The highest BCUT2D eigenvalue weighted by atomic mass is 35.5. The first-order valence-electron chi connectivity index (χ1n) is 11.1. The summed E-state index contributed by atoms with van der Waals surface area (Å²) in [5, 5.41) is 11.5. The van der Waals surface area contributed by atoms with Gasteiger partial charge in [0, 0.05) is 40.4 Å². The Bertz CT molecular complexity index is 1590. The molecule has 0 fully saturated rings. The van der Waals surface area contributed by atoms with Crippen molar-refractivity contribution in [1.82, 2.24) is 19.3 Å². The molecule has 1 N–H and O–H groups in total. The molecule has 0 bridgehead atoms. The van der Waals surface area contributed by atoms with Gasteiger partial charge in [0.25, 0.3) is 5.56 Å². The van der Waals surface area contributed by atoms with Gasteiger partial charge in [0.15, 0.2) is 5.13 Å². The summed E-state index contributed by atoms with van der Waals surface area (Å²) >= 11 is 7.31. The van der Waals surface area contributed by atoms with Crippen molar-refractivity contribution in [2.75, 3.05) is 5.32 Å². The van der Waals surface area contributed by atoms with Gasteiger partial charge in [-0.3, -0.25) is 14.2 Å². The molecule has 3 heterocycles. The van der Waals surface area contributed by atoms with E-state index in [1.54, 1.807) is 27.4 Å². The summed E-state index contributed by atoms with van der Waals surface area (Å²) in [4.78, 5) is 30.2. The number of aromatic nitrogens is 4. The highest BCUT2D eigenvalue weighted by Gasteiger charge is 2.18. The van der Waals surface area contributed by atoms with E-state index in [9.17, 15) is 9.59 Å². The van der Waals surface area contributed by atoms with Crippen LogP contribution < -0.4 is 10.9 Å². The minimum atomic E-state index is -0.217. The zero-order chi connectivity index (χ0) is 24.5. The molecule has 5 aromatic rings. The smallest absolute Gasteiger partial charge is 0.252 e. The van der Waals surface area contributed by atoms with Crippen LogP contribution >= 0.6 is 22.9 Å². The minimum absolute atomic E-state index is 0.118. The lowest BCUT2D eigenvalue weighted by Gasteiger charge is -2.12. The number of anilines is 1. The number of thiazole rings is 1. The molecular formula is C26H22ClN5O2S. The molecule has 0 saturated carbocycles. The van der Waals surface area contributed by atoms with Crippen molar-refractivity contribution in [3.63, 3.8) is 0 Å². The SMILES string of the molecule is Cc1cc(=O)n(CCC(=O)Nc2nc(-c3ccc(Cl)cc3)cs2)c2c1c(C)nn2-c1ccccc1. The minimum Gasteiger partial charge on any atom is -0.302 e. The topological polar surface area (TPSA) is 81.8 Å². The molecule has 0 aliphatic heterocycles. The Morgan fingerprint density at radius 2 is 1.83 bits per heavy atom. The number of halogens is 1. The second kappa shape index (κ2) is 9.48. The first-order valence-corrected chi connectivity index (χ1v) is 12.3. The molecule has 3 aromatic heterocycles. The van der Waals surface area contributed by atoms with Crippen molar-refractivity contribution in [2.24, 2.45) is 0 Å². The van der Waals surface area contributed by atoms with Gasteiger partial charge in [0.2, 0.25) is 5.91 Å². The van der Waals surface area contributed by atoms with Crippen molar-refractivity contribution in [3.05, 3.63) is 92.7 Å². The van der Waals surface area contributed by atoms with Crippen LogP contribution in [0.4, 0.5) is 5.13 Å². The summed E-state index contributed by atoms with van der Waals surface area (Å²) in [6, 6.07) is 18.6. The molecule has 176 valence electrons. The first-order chi connectivity index (χ1) is 16.9. The van der Waals surface area contributed by atoms with E-state index in [0.717, 1.165) is 33.6 Å². The fraction of sp³-hybridized carbons (Fsp3) is 0.154. The number of amides is 1. The normalized spacial score (nSPS) is 11.2. The van der Waals surface area contributed by atoms with E-state index in [2.05, 4.69) is 10.3 Å². The molecule has 1 amide bonds. The molecule has 0 unspecified atom stereocenters. The Labute approximate surface area is 210 Å². The van der Waals surface area contributed by atoms with Crippen LogP contribution in [0.3, 0.4) is 0 Å². The van der Waals surface area contributed by atoms with Crippen LogP contribution in [0.1, 0.15) is 17.7 Å². The second-order valence-corrected chi connectivity index (χ2v) is 9.49. The number of hydrogen-bond donors (Lipinski definition) is 1. The molecule has 0 aliphatic carbocycles. The number of benzene rings is 2. The van der Waals surface area contributed by atoms with E-state index in [4.69, 9.17) is 16.7 Å². The molecule has 0 atom stereocenters. The lowest BCUT2D eigenvalue weighted by molar-refractivity contribution is -0.116. The van der Waals surface area contributed by atoms with Crippen LogP contribution in [0.15, 0.2) is 70.8 Å². The third-order valence-electron chi connectivity index (χ3n) is 5.75. The molecule has 7 nitrogen and oxygen atoms in total. The van der Waals surface area contributed by atoms with E-state index in [0.29, 0.717) is 15.8 Å². The maximum absolute atomic E-state index is 13.0. The van der Waals surface area contributed by atoms with Crippen LogP contribution in [0.2, 0.25) is 5.02 Å². The van der Waals surface area contributed by atoms with Crippen LogP contribution in [0, 0.1) is 13.8 Å². The molecule has 2 aromatic carbocycles. The van der Waals surface area contributed by atoms with Gasteiger partial charge in [-0.2, -0.15) is 5.10 Å². The van der Waals surface area contributed by atoms with E-state index in [-0.39, 0.29) is 24.4 Å². The Morgan fingerprint density at radius 1 is 1.09 bits per heavy atom. The number of pyridine rings is 1. The average Bonchev–Trinajstić information content (AvgIpc) is 3.44. The van der Waals surface area contributed by atoms with Gasteiger partial charge >= 0.3 is 0 Å². The lowest BCUT2D eigenvalue weighted by atomic mass is 10.1. The zero-order valence-corrected chi connectivity index (χ0v) is 20.7. The molecule has 0 aliphatic rings. The predicted octanol–water partition coefficient (Wildman–Crippen LogP) is 5.61. The molecule has 0 spiro atoms. The number of fused-ring (bicyclic) bond motifs is 1. The highest BCUT2D eigenvalue weighted by molar-refractivity contribution is 7.14. The van der Waals surface area contributed by atoms with Crippen molar-refractivity contribution in [2.45, 2.75) is 26.8 Å². The maximum atomic E-state index is 13.0. The van der Waals surface area contributed by atoms with Crippen LogP contribution in [0.25, 0.3) is 28.0 Å². The number of hydrogen-bond acceptors (Lipinski definition) is 5. The Hall–Kier alpha value is -3.75. The summed E-state index contributed by atoms with van der Waals surface area (Å²) in [5.74, 6) is -0.217. The van der Waals surface area contributed by atoms with E-state index in [1.807, 2.05) is 61.7 Å². The third-order valence-corrected chi connectivity index (χ3v) is 6.76. The van der Waals surface area contributed by atoms with E-state index < -0.39 is 0 Å². The summed E-state index contributed by atoms with van der Waals surface area (Å²) in [5.41, 5.74) is 4.75. The number of nitrogens with zero attached hydrogens (tertiary/aromatic N) is 4. The van der Waals surface area contributed by atoms with E-state index in [1.165, 1.54) is 11.3 Å². The zero-order valence-electron chi connectivity index (χ0n) is 19.2. The van der Waals surface area contributed by atoms with Crippen molar-refractivity contribution in [3.8, 4) is 16.9 Å².